The topological polar surface area (TPSA) is 43.7 Å². The number of piperidine rings is 1. The van der Waals surface area contributed by atoms with Crippen LogP contribution >= 0.6 is 0 Å². The van der Waals surface area contributed by atoms with Crippen LogP contribution in [0.25, 0.3) is 0 Å². The van der Waals surface area contributed by atoms with Crippen molar-refractivity contribution >= 4 is 0 Å². The first kappa shape index (κ1) is 15.1. The highest BCUT2D eigenvalue weighted by Crippen LogP contribution is 2.20. The quantitative estimate of drug-likeness (QED) is 0.823. The number of aliphatic hydroxyl groups excluding tert-OH is 2. The Morgan fingerprint density at radius 3 is 2.90 bits per heavy atom. The Morgan fingerprint density at radius 2 is 2.15 bits per heavy atom. The number of hydrogen-bond acceptors (Lipinski definition) is 3. The van der Waals surface area contributed by atoms with Gasteiger partial charge >= 0.3 is 0 Å². The summed E-state index contributed by atoms with van der Waals surface area (Å²) in [6.45, 7) is 4.80. The number of likely N-dealkylation sites (tertiary alicyclic amines) is 1. The van der Waals surface area contributed by atoms with E-state index < -0.39 is 0 Å². The molecule has 0 aliphatic carbocycles. The number of β-amino-alcohol motifs (C(OH)–C–C–N with tert-alkyl or cyclic N) is 1. The average Bonchev–Trinajstić information content (AvgIpc) is 2.45. The minimum Gasteiger partial charge on any atom is -0.395 e. The molecule has 2 rings (SSSR count). The van der Waals surface area contributed by atoms with Gasteiger partial charge in [0.25, 0.3) is 0 Å². The van der Waals surface area contributed by atoms with E-state index >= 15 is 0 Å². The second-order valence-electron chi connectivity index (χ2n) is 5.50. The van der Waals surface area contributed by atoms with Gasteiger partial charge in [-0.05, 0) is 30.5 Å². The van der Waals surface area contributed by atoms with Crippen molar-refractivity contribution in [2.75, 3.05) is 19.7 Å². The second kappa shape index (κ2) is 7.44. The molecule has 0 bridgehead atoms. The van der Waals surface area contributed by atoms with Crippen molar-refractivity contribution in [1.29, 1.82) is 0 Å². The molecule has 1 saturated heterocycles. The largest absolute Gasteiger partial charge is 0.395 e. The van der Waals surface area contributed by atoms with Crippen molar-refractivity contribution < 1.29 is 10.2 Å². The Labute approximate surface area is 121 Å². The molecule has 0 amide bonds. The van der Waals surface area contributed by atoms with E-state index in [9.17, 15) is 5.11 Å². The van der Waals surface area contributed by atoms with Crippen molar-refractivity contribution in [1.82, 2.24) is 4.90 Å². The highest BCUT2D eigenvalue weighted by Gasteiger charge is 2.24. The van der Waals surface area contributed by atoms with Gasteiger partial charge < -0.3 is 10.2 Å². The van der Waals surface area contributed by atoms with Gasteiger partial charge in [-0.1, -0.05) is 37.0 Å². The fraction of sp³-hybridized carbons (Fsp3) is 0.529. The highest BCUT2D eigenvalue weighted by atomic mass is 16.3. The van der Waals surface area contributed by atoms with Crippen LogP contribution < -0.4 is 0 Å². The van der Waals surface area contributed by atoms with Crippen molar-refractivity contribution in [3.05, 3.63) is 35.4 Å². The fourth-order valence-electron chi connectivity index (χ4n) is 2.49. The third kappa shape index (κ3) is 4.08. The molecule has 1 aromatic carbocycles. The summed E-state index contributed by atoms with van der Waals surface area (Å²) < 4.78 is 0. The zero-order valence-corrected chi connectivity index (χ0v) is 12.0. The van der Waals surface area contributed by atoms with E-state index in [1.165, 1.54) is 5.56 Å². The van der Waals surface area contributed by atoms with Gasteiger partial charge in [-0.3, -0.25) is 4.90 Å². The van der Waals surface area contributed by atoms with E-state index in [0.717, 1.165) is 31.6 Å². The Bertz CT molecular complexity index is 489. The smallest absolute Gasteiger partial charge is 0.0693 e. The van der Waals surface area contributed by atoms with Crippen LogP contribution in [0.1, 0.15) is 30.9 Å². The van der Waals surface area contributed by atoms with Crippen LogP contribution in [-0.2, 0) is 6.54 Å². The van der Waals surface area contributed by atoms with Crippen LogP contribution in [0.5, 0.6) is 0 Å². The Kier molecular flexibility index (Phi) is 5.60. The third-order valence-corrected chi connectivity index (χ3v) is 3.87. The average molecular weight is 273 g/mol. The molecule has 2 atom stereocenters. The van der Waals surface area contributed by atoms with Crippen LogP contribution in [0, 0.1) is 17.8 Å². The van der Waals surface area contributed by atoms with Crippen LogP contribution in [0.15, 0.2) is 24.3 Å². The van der Waals surface area contributed by atoms with Crippen molar-refractivity contribution in [3.63, 3.8) is 0 Å². The molecule has 2 unspecified atom stereocenters. The van der Waals surface area contributed by atoms with Crippen LogP contribution in [-0.4, -0.2) is 40.9 Å². The van der Waals surface area contributed by atoms with Crippen molar-refractivity contribution in [2.24, 2.45) is 5.92 Å². The SMILES string of the molecule is CC1CCN(Cc2ccccc2C#CCCO)CC1O. The maximum Gasteiger partial charge on any atom is 0.0693 e. The first-order chi connectivity index (χ1) is 9.70. The number of hydrogen-bond donors (Lipinski definition) is 2. The molecule has 2 N–H and O–H groups in total. The molecule has 0 aromatic heterocycles. The third-order valence-electron chi connectivity index (χ3n) is 3.87. The van der Waals surface area contributed by atoms with Gasteiger partial charge in [0, 0.05) is 25.1 Å². The summed E-state index contributed by atoms with van der Waals surface area (Å²) in [7, 11) is 0. The lowest BCUT2D eigenvalue weighted by molar-refractivity contribution is 0.0259. The molecule has 1 fully saturated rings. The first-order valence-corrected chi connectivity index (χ1v) is 7.28. The van der Waals surface area contributed by atoms with Gasteiger partial charge in [0.1, 0.15) is 0 Å². The Hall–Kier alpha value is -1.34. The maximum atomic E-state index is 9.97. The van der Waals surface area contributed by atoms with Gasteiger partial charge in [-0.25, -0.2) is 0 Å². The molecule has 0 spiro atoms. The zero-order chi connectivity index (χ0) is 14.4. The molecule has 1 aromatic rings. The lowest BCUT2D eigenvalue weighted by Gasteiger charge is -2.34. The molecular formula is C17H23NO2. The number of aliphatic hydroxyl groups is 2. The van der Waals surface area contributed by atoms with Gasteiger partial charge in [0.05, 0.1) is 12.7 Å². The molecule has 1 aliphatic rings. The lowest BCUT2D eigenvalue weighted by atomic mass is 9.95. The Balaban J connectivity index is 2.04. The van der Waals surface area contributed by atoms with E-state index in [1.54, 1.807) is 0 Å². The summed E-state index contributed by atoms with van der Waals surface area (Å²) in [5, 5.41) is 18.8. The zero-order valence-electron chi connectivity index (χ0n) is 12.0. The van der Waals surface area contributed by atoms with Crippen LogP contribution in [0.3, 0.4) is 0 Å². The van der Waals surface area contributed by atoms with Gasteiger partial charge in [0.2, 0.25) is 0 Å². The monoisotopic (exact) mass is 273 g/mol. The van der Waals surface area contributed by atoms with E-state index in [2.05, 4.69) is 29.7 Å². The molecular weight excluding hydrogens is 250 g/mol. The second-order valence-corrected chi connectivity index (χ2v) is 5.50. The van der Waals surface area contributed by atoms with Crippen LogP contribution in [0.2, 0.25) is 0 Å². The summed E-state index contributed by atoms with van der Waals surface area (Å²) in [5.74, 6) is 6.50. The summed E-state index contributed by atoms with van der Waals surface area (Å²) in [6.07, 6.45) is 1.32. The van der Waals surface area contributed by atoms with E-state index in [0.29, 0.717) is 12.3 Å². The van der Waals surface area contributed by atoms with E-state index in [1.807, 2.05) is 18.2 Å². The summed E-state index contributed by atoms with van der Waals surface area (Å²) in [6, 6.07) is 8.12. The molecule has 1 aliphatic heterocycles. The van der Waals surface area contributed by atoms with Crippen molar-refractivity contribution in [3.8, 4) is 11.8 Å². The summed E-state index contributed by atoms with van der Waals surface area (Å²) in [4.78, 5) is 2.29. The molecule has 108 valence electrons. The van der Waals surface area contributed by atoms with E-state index in [-0.39, 0.29) is 12.7 Å². The van der Waals surface area contributed by atoms with Gasteiger partial charge in [0.15, 0.2) is 0 Å². The predicted octanol–water partition coefficient (Wildman–Crippen LogP) is 1.62. The first-order valence-electron chi connectivity index (χ1n) is 7.28. The van der Waals surface area contributed by atoms with Crippen molar-refractivity contribution in [2.45, 2.75) is 32.4 Å². The van der Waals surface area contributed by atoms with Crippen LogP contribution in [0.4, 0.5) is 0 Å². The lowest BCUT2D eigenvalue weighted by Crippen LogP contribution is -2.42. The van der Waals surface area contributed by atoms with Gasteiger partial charge in [-0.15, -0.1) is 0 Å². The molecule has 0 radical (unpaired) electrons. The molecule has 3 nitrogen and oxygen atoms in total. The standard InChI is InChI=1S/C17H23NO2/c1-14-9-10-18(13-17(14)20)12-16-8-3-2-6-15(16)7-4-5-11-19/h2-3,6,8,14,17,19-20H,5,9-13H2,1H3. The van der Waals surface area contributed by atoms with E-state index in [4.69, 9.17) is 5.11 Å². The highest BCUT2D eigenvalue weighted by molar-refractivity contribution is 5.41. The summed E-state index contributed by atoms with van der Waals surface area (Å²) in [5.41, 5.74) is 2.22. The van der Waals surface area contributed by atoms with Gasteiger partial charge in [-0.2, -0.15) is 0 Å². The maximum absolute atomic E-state index is 9.97. The Morgan fingerprint density at radius 1 is 1.35 bits per heavy atom. The normalized spacial score (nSPS) is 23.1. The molecule has 0 saturated carbocycles. The number of nitrogens with zero attached hydrogens (tertiary/aromatic N) is 1. The summed E-state index contributed by atoms with van der Waals surface area (Å²) >= 11 is 0. The molecule has 3 heteroatoms. The predicted molar refractivity (Wildman–Crippen MR) is 80.1 cm³/mol. The molecule has 20 heavy (non-hydrogen) atoms. The minimum absolute atomic E-state index is 0.103. The fourth-order valence-corrected chi connectivity index (χ4v) is 2.49. The number of benzene rings is 1. The number of rotatable bonds is 3. The minimum atomic E-state index is -0.226. The molecule has 1 heterocycles.